The summed E-state index contributed by atoms with van der Waals surface area (Å²) in [5, 5.41) is 19.0. The molecule has 0 bridgehead atoms. The van der Waals surface area contributed by atoms with Gasteiger partial charge in [-0.25, -0.2) is 4.79 Å². The Balaban J connectivity index is 1.79. The minimum atomic E-state index is -0.949. The zero-order chi connectivity index (χ0) is 15.3. The molecule has 1 unspecified atom stereocenters. The first-order valence-electron chi connectivity index (χ1n) is 7.37. The number of hydrogen-bond acceptors (Lipinski definition) is 4. The number of carboxylic acids is 1. The number of aliphatic hydroxyl groups is 1. The molecule has 0 amide bonds. The molecular weight excluding hydrogens is 270 g/mol. The van der Waals surface area contributed by atoms with Crippen molar-refractivity contribution < 1.29 is 19.7 Å². The molecule has 2 N–H and O–H groups in total. The number of benzene rings is 1. The van der Waals surface area contributed by atoms with Crippen molar-refractivity contribution in [3.05, 3.63) is 29.8 Å². The highest BCUT2D eigenvalue weighted by molar-refractivity contribution is 5.87. The Bertz CT molecular complexity index is 487. The third-order valence-corrected chi connectivity index (χ3v) is 3.91. The summed E-state index contributed by atoms with van der Waals surface area (Å²) in [6.45, 7) is 5.03. The van der Waals surface area contributed by atoms with Crippen LogP contribution in [0.15, 0.2) is 24.3 Å². The van der Waals surface area contributed by atoms with E-state index in [2.05, 4.69) is 4.90 Å². The molecule has 1 aromatic rings. The fourth-order valence-corrected chi connectivity index (χ4v) is 2.55. The van der Waals surface area contributed by atoms with E-state index in [1.165, 1.54) is 6.07 Å². The SMILES string of the molecule is CC1(O)CCCN(CCOc2cccc(C(=O)O)c2)CC1. The number of aromatic carboxylic acids is 1. The van der Waals surface area contributed by atoms with E-state index in [-0.39, 0.29) is 5.56 Å². The lowest BCUT2D eigenvalue weighted by Gasteiger charge is -2.22. The van der Waals surface area contributed by atoms with Crippen molar-refractivity contribution in [2.24, 2.45) is 0 Å². The molecule has 0 spiro atoms. The van der Waals surface area contributed by atoms with Crippen LogP contribution in [0.1, 0.15) is 36.5 Å². The monoisotopic (exact) mass is 293 g/mol. The Labute approximate surface area is 125 Å². The predicted molar refractivity (Wildman–Crippen MR) is 79.8 cm³/mol. The molecule has 21 heavy (non-hydrogen) atoms. The molecule has 2 rings (SSSR count). The van der Waals surface area contributed by atoms with Gasteiger partial charge < -0.3 is 14.9 Å². The topological polar surface area (TPSA) is 70.0 Å². The van der Waals surface area contributed by atoms with E-state index < -0.39 is 11.6 Å². The van der Waals surface area contributed by atoms with Gasteiger partial charge in [0.25, 0.3) is 0 Å². The zero-order valence-corrected chi connectivity index (χ0v) is 12.4. The Morgan fingerprint density at radius 1 is 1.38 bits per heavy atom. The third kappa shape index (κ3) is 5.02. The number of hydrogen-bond donors (Lipinski definition) is 2. The average molecular weight is 293 g/mol. The minimum Gasteiger partial charge on any atom is -0.492 e. The molecule has 1 fully saturated rings. The second-order valence-electron chi connectivity index (χ2n) is 5.87. The highest BCUT2D eigenvalue weighted by Crippen LogP contribution is 2.21. The summed E-state index contributed by atoms with van der Waals surface area (Å²) < 4.78 is 5.62. The van der Waals surface area contributed by atoms with Crippen LogP contribution in [0.25, 0.3) is 0 Å². The Morgan fingerprint density at radius 3 is 2.95 bits per heavy atom. The maximum absolute atomic E-state index is 10.9. The van der Waals surface area contributed by atoms with Crippen LogP contribution in [-0.4, -0.2) is 52.9 Å². The first-order chi connectivity index (χ1) is 9.96. The zero-order valence-electron chi connectivity index (χ0n) is 12.4. The molecular formula is C16H23NO4. The largest absolute Gasteiger partial charge is 0.492 e. The van der Waals surface area contributed by atoms with Crippen LogP contribution in [-0.2, 0) is 0 Å². The lowest BCUT2D eigenvalue weighted by Crippen LogP contribution is -2.31. The number of carbonyl (C=O) groups is 1. The standard InChI is InChI=1S/C16H23NO4/c1-16(20)6-3-8-17(9-7-16)10-11-21-14-5-2-4-13(12-14)15(18)19/h2,4-5,12,20H,3,6-11H2,1H3,(H,18,19). The molecule has 0 saturated carbocycles. The first kappa shape index (κ1) is 15.8. The van der Waals surface area contributed by atoms with Crippen LogP contribution in [0.3, 0.4) is 0 Å². The predicted octanol–water partition coefficient (Wildman–Crippen LogP) is 2.00. The van der Waals surface area contributed by atoms with E-state index in [4.69, 9.17) is 9.84 Å². The first-order valence-corrected chi connectivity index (χ1v) is 7.37. The average Bonchev–Trinajstić information content (AvgIpc) is 2.60. The molecule has 1 atom stereocenters. The molecule has 0 aliphatic carbocycles. The molecule has 0 aromatic heterocycles. The highest BCUT2D eigenvalue weighted by Gasteiger charge is 2.24. The Kier molecular flexibility index (Phi) is 5.20. The highest BCUT2D eigenvalue weighted by atomic mass is 16.5. The van der Waals surface area contributed by atoms with Gasteiger partial charge in [0.15, 0.2) is 0 Å². The van der Waals surface area contributed by atoms with Crippen molar-refractivity contribution in [3.8, 4) is 5.75 Å². The number of rotatable bonds is 5. The summed E-state index contributed by atoms with van der Waals surface area (Å²) in [6, 6.07) is 6.53. The normalized spacial score (nSPS) is 23.5. The summed E-state index contributed by atoms with van der Waals surface area (Å²) in [4.78, 5) is 13.2. The Hall–Kier alpha value is -1.59. The maximum Gasteiger partial charge on any atom is 0.335 e. The Morgan fingerprint density at radius 2 is 2.19 bits per heavy atom. The van der Waals surface area contributed by atoms with Gasteiger partial charge in [-0.15, -0.1) is 0 Å². The second-order valence-corrected chi connectivity index (χ2v) is 5.87. The molecule has 1 aromatic carbocycles. The summed E-state index contributed by atoms with van der Waals surface area (Å²) >= 11 is 0. The fourth-order valence-electron chi connectivity index (χ4n) is 2.55. The lowest BCUT2D eigenvalue weighted by atomic mass is 9.98. The van der Waals surface area contributed by atoms with Crippen molar-refractivity contribution in [1.82, 2.24) is 4.90 Å². The molecule has 5 heteroatoms. The van der Waals surface area contributed by atoms with Crippen LogP contribution < -0.4 is 4.74 Å². The summed E-state index contributed by atoms with van der Waals surface area (Å²) in [5.41, 5.74) is -0.316. The summed E-state index contributed by atoms with van der Waals surface area (Å²) in [5.74, 6) is -0.369. The van der Waals surface area contributed by atoms with Crippen molar-refractivity contribution in [2.45, 2.75) is 31.8 Å². The van der Waals surface area contributed by atoms with Crippen LogP contribution in [0, 0.1) is 0 Å². The summed E-state index contributed by atoms with van der Waals surface area (Å²) in [6.07, 6.45) is 2.61. The van der Waals surface area contributed by atoms with Crippen LogP contribution >= 0.6 is 0 Å². The minimum absolute atomic E-state index is 0.235. The lowest BCUT2D eigenvalue weighted by molar-refractivity contribution is 0.0442. The quantitative estimate of drug-likeness (QED) is 0.869. The van der Waals surface area contributed by atoms with Gasteiger partial charge in [0.2, 0.25) is 0 Å². The van der Waals surface area contributed by atoms with Crippen LogP contribution in [0.4, 0.5) is 0 Å². The molecule has 1 heterocycles. The van der Waals surface area contributed by atoms with Crippen molar-refractivity contribution in [3.63, 3.8) is 0 Å². The fraction of sp³-hybridized carbons (Fsp3) is 0.562. The number of nitrogens with zero attached hydrogens (tertiary/aromatic N) is 1. The van der Waals surface area contributed by atoms with E-state index in [1.807, 2.05) is 6.92 Å². The van der Waals surface area contributed by atoms with Crippen molar-refractivity contribution in [2.75, 3.05) is 26.2 Å². The van der Waals surface area contributed by atoms with Gasteiger partial charge in [0.1, 0.15) is 12.4 Å². The van der Waals surface area contributed by atoms with Crippen molar-refractivity contribution in [1.29, 1.82) is 0 Å². The van der Waals surface area contributed by atoms with Crippen molar-refractivity contribution >= 4 is 5.97 Å². The molecule has 116 valence electrons. The van der Waals surface area contributed by atoms with Crippen LogP contribution in [0.2, 0.25) is 0 Å². The van der Waals surface area contributed by atoms with Gasteiger partial charge in [-0.3, -0.25) is 4.90 Å². The van der Waals surface area contributed by atoms with Gasteiger partial charge in [-0.2, -0.15) is 0 Å². The van der Waals surface area contributed by atoms with Gasteiger partial charge in [0.05, 0.1) is 11.2 Å². The third-order valence-electron chi connectivity index (χ3n) is 3.91. The van der Waals surface area contributed by atoms with Gasteiger partial charge >= 0.3 is 5.97 Å². The molecule has 1 aliphatic rings. The molecule has 1 aliphatic heterocycles. The maximum atomic E-state index is 10.9. The van der Waals surface area contributed by atoms with Gasteiger partial charge in [-0.05, 0) is 50.9 Å². The molecule has 1 saturated heterocycles. The number of carboxylic acid groups (broad SMARTS) is 1. The van der Waals surface area contributed by atoms with E-state index in [0.29, 0.717) is 12.4 Å². The molecule has 5 nitrogen and oxygen atoms in total. The smallest absolute Gasteiger partial charge is 0.335 e. The number of likely N-dealkylation sites (tertiary alicyclic amines) is 1. The van der Waals surface area contributed by atoms with Gasteiger partial charge in [0, 0.05) is 13.1 Å². The second kappa shape index (κ2) is 6.91. The summed E-state index contributed by atoms with van der Waals surface area (Å²) in [7, 11) is 0. The number of ether oxygens (including phenoxy) is 1. The van der Waals surface area contributed by atoms with Gasteiger partial charge in [-0.1, -0.05) is 6.07 Å². The van der Waals surface area contributed by atoms with E-state index in [9.17, 15) is 9.90 Å². The van der Waals surface area contributed by atoms with E-state index >= 15 is 0 Å². The van der Waals surface area contributed by atoms with E-state index in [0.717, 1.165) is 38.9 Å². The van der Waals surface area contributed by atoms with E-state index in [1.54, 1.807) is 18.2 Å². The molecule has 0 radical (unpaired) electrons. The van der Waals surface area contributed by atoms with Crippen LogP contribution in [0.5, 0.6) is 5.75 Å².